The van der Waals surface area contributed by atoms with Gasteiger partial charge >= 0.3 is 6.03 Å². The van der Waals surface area contributed by atoms with Crippen molar-refractivity contribution in [1.29, 1.82) is 0 Å². The van der Waals surface area contributed by atoms with Crippen molar-refractivity contribution in [1.82, 2.24) is 15.5 Å². The molecule has 0 saturated carbocycles. The quantitative estimate of drug-likeness (QED) is 0.768. The molecule has 0 bridgehead atoms. The van der Waals surface area contributed by atoms with E-state index in [9.17, 15) is 14.4 Å². The molecule has 0 unspecified atom stereocenters. The summed E-state index contributed by atoms with van der Waals surface area (Å²) in [4.78, 5) is 36.5. The van der Waals surface area contributed by atoms with E-state index in [1.807, 2.05) is 0 Å². The second-order valence-electron chi connectivity index (χ2n) is 5.75. The van der Waals surface area contributed by atoms with E-state index in [4.69, 9.17) is 23.2 Å². The third-order valence-corrected chi connectivity index (χ3v) is 4.54. The number of carbonyl (C=O) groups excluding carboxylic acids is 3. The van der Waals surface area contributed by atoms with Crippen molar-refractivity contribution in [3.8, 4) is 0 Å². The number of hydrogen-bond donors (Lipinski definition) is 2. The van der Waals surface area contributed by atoms with Crippen molar-refractivity contribution >= 4 is 41.0 Å². The molecule has 1 aliphatic heterocycles. The molecule has 6 nitrogen and oxygen atoms in total. The van der Waals surface area contributed by atoms with Crippen molar-refractivity contribution in [3.05, 3.63) is 69.2 Å². The summed E-state index contributed by atoms with van der Waals surface area (Å²) in [6.07, 6.45) is 0. The topological polar surface area (TPSA) is 78.5 Å². The molecule has 26 heavy (non-hydrogen) atoms. The van der Waals surface area contributed by atoms with Crippen LogP contribution < -0.4 is 10.6 Å². The maximum atomic E-state index is 12.2. The van der Waals surface area contributed by atoms with Gasteiger partial charge in [-0.3, -0.25) is 14.5 Å². The van der Waals surface area contributed by atoms with Gasteiger partial charge in [0.25, 0.3) is 5.91 Å². The Morgan fingerprint density at radius 1 is 1.12 bits per heavy atom. The van der Waals surface area contributed by atoms with Crippen LogP contribution in [0.1, 0.15) is 21.5 Å². The predicted molar refractivity (Wildman–Crippen MR) is 98.0 cm³/mol. The number of nitrogens with zero attached hydrogens (tertiary/aromatic N) is 1. The van der Waals surface area contributed by atoms with Crippen LogP contribution in [-0.4, -0.2) is 29.3 Å². The molecule has 1 aliphatic rings. The van der Waals surface area contributed by atoms with Gasteiger partial charge in [-0.1, -0.05) is 41.4 Å². The summed E-state index contributed by atoms with van der Waals surface area (Å²) >= 11 is 11.9. The highest BCUT2D eigenvalue weighted by Crippen LogP contribution is 2.20. The maximum absolute atomic E-state index is 12.2. The lowest BCUT2D eigenvalue weighted by atomic mass is 10.1. The minimum absolute atomic E-state index is 0.0204. The zero-order chi connectivity index (χ0) is 18.7. The largest absolute Gasteiger partial charge is 0.348 e. The molecule has 8 heteroatoms. The van der Waals surface area contributed by atoms with E-state index in [0.717, 1.165) is 16.0 Å². The summed E-state index contributed by atoms with van der Waals surface area (Å²) in [6, 6.07) is 11.4. The van der Waals surface area contributed by atoms with Crippen LogP contribution in [0.25, 0.3) is 0 Å². The molecule has 0 spiro atoms. The first-order valence-corrected chi connectivity index (χ1v) is 8.59. The van der Waals surface area contributed by atoms with E-state index < -0.39 is 6.03 Å². The molecular formula is C18H15Cl2N3O3. The van der Waals surface area contributed by atoms with Gasteiger partial charge in [0.15, 0.2) is 0 Å². The van der Waals surface area contributed by atoms with E-state index >= 15 is 0 Å². The average Bonchev–Trinajstić information content (AvgIpc) is 2.93. The second-order valence-corrected chi connectivity index (χ2v) is 6.60. The minimum atomic E-state index is -0.406. The van der Waals surface area contributed by atoms with Gasteiger partial charge < -0.3 is 10.6 Å². The molecule has 1 heterocycles. The Kier molecular flexibility index (Phi) is 5.44. The highest BCUT2D eigenvalue weighted by Gasteiger charge is 2.28. The van der Waals surface area contributed by atoms with Crippen molar-refractivity contribution in [2.75, 3.05) is 6.54 Å². The molecule has 1 fully saturated rings. The fraction of sp³-hybridized carbons (Fsp3) is 0.167. The fourth-order valence-electron chi connectivity index (χ4n) is 2.50. The van der Waals surface area contributed by atoms with Crippen molar-refractivity contribution in [3.63, 3.8) is 0 Å². The van der Waals surface area contributed by atoms with Gasteiger partial charge in [0.05, 0.1) is 13.1 Å². The average molecular weight is 392 g/mol. The first-order chi connectivity index (χ1) is 12.4. The Morgan fingerprint density at radius 3 is 2.46 bits per heavy atom. The zero-order valence-corrected chi connectivity index (χ0v) is 15.1. The fourth-order valence-corrected chi connectivity index (χ4v) is 2.98. The molecule has 4 amide bonds. The molecule has 0 aliphatic carbocycles. The van der Waals surface area contributed by atoms with E-state index in [1.165, 1.54) is 0 Å². The molecule has 134 valence electrons. The van der Waals surface area contributed by atoms with Gasteiger partial charge in [-0.25, -0.2) is 4.79 Å². The highest BCUT2D eigenvalue weighted by molar-refractivity contribution is 6.35. The van der Waals surface area contributed by atoms with Crippen LogP contribution in [0.15, 0.2) is 42.5 Å². The van der Waals surface area contributed by atoms with E-state index in [1.54, 1.807) is 42.5 Å². The van der Waals surface area contributed by atoms with Crippen molar-refractivity contribution in [2.24, 2.45) is 0 Å². The summed E-state index contributed by atoms with van der Waals surface area (Å²) in [6.45, 7) is 0.471. The Bertz CT molecular complexity index is 852. The number of amides is 4. The Morgan fingerprint density at radius 2 is 1.85 bits per heavy atom. The molecule has 1 saturated heterocycles. The van der Waals surface area contributed by atoms with E-state index in [0.29, 0.717) is 15.6 Å². The molecular weight excluding hydrogens is 377 g/mol. The number of halogens is 2. The van der Waals surface area contributed by atoms with E-state index in [2.05, 4.69) is 10.6 Å². The van der Waals surface area contributed by atoms with Crippen LogP contribution in [0, 0.1) is 0 Å². The lowest BCUT2D eigenvalue weighted by molar-refractivity contribution is -0.125. The third kappa shape index (κ3) is 4.15. The summed E-state index contributed by atoms with van der Waals surface area (Å²) in [5.74, 6) is -0.519. The first kappa shape index (κ1) is 18.2. The van der Waals surface area contributed by atoms with Crippen LogP contribution in [0.2, 0.25) is 10.0 Å². The minimum Gasteiger partial charge on any atom is -0.348 e. The van der Waals surface area contributed by atoms with Crippen molar-refractivity contribution < 1.29 is 14.4 Å². The molecule has 0 aromatic heterocycles. The Hall–Kier alpha value is -2.57. The Labute approximate surface area is 160 Å². The van der Waals surface area contributed by atoms with Gasteiger partial charge in [0.1, 0.15) is 0 Å². The number of nitrogens with one attached hydrogen (secondary N) is 2. The van der Waals surface area contributed by atoms with Gasteiger partial charge in [-0.2, -0.15) is 0 Å². The summed E-state index contributed by atoms with van der Waals surface area (Å²) in [5, 5.41) is 6.27. The van der Waals surface area contributed by atoms with Gasteiger partial charge in [-0.05, 0) is 35.4 Å². The number of carbonyl (C=O) groups is 3. The molecule has 0 atom stereocenters. The molecule has 2 N–H and O–H groups in total. The lowest BCUT2D eigenvalue weighted by Gasteiger charge is -2.12. The number of benzene rings is 2. The number of urea groups is 1. The molecule has 2 aromatic rings. The van der Waals surface area contributed by atoms with Gasteiger partial charge in [-0.15, -0.1) is 0 Å². The van der Waals surface area contributed by atoms with Crippen LogP contribution in [0.3, 0.4) is 0 Å². The monoisotopic (exact) mass is 391 g/mol. The summed E-state index contributed by atoms with van der Waals surface area (Å²) in [5.41, 5.74) is 1.99. The van der Waals surface area contributed by atoms with Crippen LogP contribution >= 0.6 is 23.2 Å². The third-order valence-electron chi connectivity index (χ3n) is 3.95. The van der Waals surface area contributed by atoms with Gasteiger partial charge in [0.2, 0.25) is 5.91 Å². The highest BCUT2D eigenvalue weighted by atomic mass is 35.5. The SMILES string of the molecule is O=C(NCc1ccc(Cl)cc1Cl)c1ccc(CN2C(=O)CNC2=O)cc1. The smallest absolute Gasteiger partial charge is 0.324 e. The molecule has 0 radical (unpaired) electrons. The van der Waals surface area contributed by atoms with Crippen LogP contribution in [0.4, 0.5) is 4.79 Å². The molecule has 3 rings (SSSR count). The van der Waals surface area contributed by atoms with Crippen LogP contribution in [0.5, 0.6) is 0 Å². The van der Waals surface area contributed by atoms with Crippen LogP contribution in [-0.2, 0) is 17.9 Å². The lowest BCUT2D eigenvalue weighted by Crippen LogP contribution is -2.30. The summed E-state index contributed by atoms with van der Waals surface area (Å²) < 4.78 is 0. The predicted octanol–water partition coefficient (Wildman–Crippen LogP) is 2.98. The normalized spacial score (nSPS) is 13.7. The number of hydrogen-bond acceptors (Lipinski definition) is 3. The van der Waals surface area contributed by atoms with Crippen molar-refractivity contribution in [2.45, 2.75) is 13.1 Å². The number of rotatable bonds is 5. The summed E-state index contributed by atoms with van der Waals surface area (Å²) in [7, 11) is 0. The Balaban J connectivity index is 1.60. The maximum Gasteiger partial charge on any atom is 0.324 e. The first-order valence-electron chi connectivity index (χ1n) is 7.83. The van der Waals surface area contributed by atoms with Gasteiger partial charge in [0, 0.05) is 22.2 Å². The standard InChI is InChI=1S/C18H15Cl2N3O3/c19-14-6-5-13(15(20)7-14)8-21-17(25)12-3-1-11(2-4-12)10-23-16(24)9-22-18(23)26/h1-7H,8-10H2,(H,21,25)(H,22,26). The van der Waals surface area contributed by atoms with E-state index in [-0.39, 0.29) is 31.4 Å². The zero-order valence-electron chi connectivity index (χ0n) is 13.6. The number of imide groups is 1. The molecule has 2 aromatic carbocycles. The second kappa shape index (κ2) is 7.76.